The first kappa shape index (κ1) is 71.1. The van der Waals surface area contributed by atoms with Crippen LogP contribution in [-0.2, 0) is 45.1 Å². The van der Waals surface area contributed by atoms with Crippen molar-refractivity contribution in [2.75, 3.05) is 39.3 Å². The number of amides is 4. The van der Waals surface area contributed by atoms with E-state index in [1.807, 2.05) is 163 Å². The number of nitrogens with zero attached hydrogens (tertiary/aromatic N) is 6. The topological polar surface area (TPSA) is 172 Å². The number of carbonyl (C=O) groups is 4. The van der Waals surface area contributed by atoms with Crippen molar-refractivity contribution in [2.45, 2.75) is 119 Å². The summed E-state index contributed by atoms with van der Waals surface area (Å²) in [5.74, 6) is -5.28. The molecular formula is C75H82F6N6O9. The molecule has 0 bridgehead atoms. The van der Waals surface area contributed by atoms with Crippen LogP contribution in [0.2, 0.25) is 0 Å². The van der Waals surface area contributed by atoms with E-state index in [9.17, 15) is 37.5 Å². The Balaban J connectivity index is 0.000000225. The minimum Gasteiger partial charge on any atom is -0.445 e. The Labute approximate surface area is 556 Å². The second kappa shape index (κ2) is 31.1. The van der Waals surface area contributed by atoms with Gasteiger partial charge >= 0.3 is 12.2 Å². The van der Waals surface area contributed by atoms with Crippen LogP contribution in [0.25, 0.3) is 22.9 Å². The first-order valence-electron chi connectivity index (χ1n) is 32.1. The summed E-state index contributed by atoms with van der Waals surface area (Å²) in [4.78, 5) is 68.7. The summed E-state index contributed by atoms with van der Waals surface area (Å²) >= 11 is 0. The number of ether oxygens (including phenoxy) is 2. The molecule has 7 atom stereocenters. The molecule has 4 heterocycles. The van der Waals surface area contributed by atoms with E-state index in [2.05, 4.69) is 4.98 Å². The van der Waals surface area contributed by atoms with Crippen LogP contribution >= 0.6 is 0 Å². The van der Waals surface area contributed by atoms with Crippen LogP contribution in [0.1, 0.15) is 120 Å². The fourth-order valence-corrected chi connectivity index (χ4v) is 12.2. The molecule has 10 rings (SSSR count). The smallest absolute Gasteiger partial charge is 0.410 e. The number of hydrogen-bond donors (Lipinski definition) is 1. The van der Waals surface area contributed by atoms with Crippen molar-refractivity contribution >= 4 is 24.0 Å². The van der Waals surface area contributed by atoms with Crippen molar-refractivity contribution in [3.63, 3.8) is 0 Å². The van der Waals surface area contributed by atoms with Gasteiger partial charge < -0.3 is 43.0 Å². The average Bonchev–Trinajstić information content (AvgIpc) is 1.63. The highest BCUT2D eigenvalue weighted by molar-refractivity contribution is 5.81. The Hall–Kier alpha value is -9.24. The van der Waals surface area contributed by atoms with Gasteiger partial charge in [0.05, 0.1) is 36.3 Å². The van der Waals surface area contributed by atoms with Gasteiger partial charge in [0.2, 0.25) is 17.7 Å². The van der Waals surface area contributed by atoms with Gasteiger partial charge in [0.15, 0.2) is 0 Å². The van der Waals surface area contributed by atoms with Crippen molar-refractivity contribution in [1.29, 1.82) is 0 Å². The molecule has 21 heteroatoms. The molecule has 1 N–H and O–H groups in total. The summed E-state index contributed by atoms with van der Waals surface area (Å²) < 4.78 is 113. The largest absolute Gasteiger partial charge is 0.445 e. The predicted octanol–water partition coefficient (Wildman–Crippen LogP) is 15.5. The summed E-state index contributed by atoms with van der Waals surface area (Å²) in [5, 5.41) is 10.6. The summed E-state index contributed by atoms with van der Waals surface area (Å²) in [6, 6.07) is 41.5. The first-order valence-corrected chi connectivity index (χ1v) is 32.1. The van der Waals surface area contributed by atoms with E-state index in [1.165, 1.54) is 21.6 Å². The number of carbonyl (C=O) groups excluding carboxylic acids is 4. The van der Waals surface area contributed by atoms with Crippen LogP contribution in [0.15, 0.2) is 167 Å². The maximum Gasteiger partial charge on any atom is 0.410 e. The van der Waals surface area contributed by atoms with Crippen molar-refractivity contribution < 1.29 is 68.9 Å². The number of rotatable bonds is 20. The molecule has 2 aromatic heterocycles. The van der Waals surface area contributed by atoms with Crippen LogP contribution in [0.4, 0.5) is 35.9 Å². The molecule has 96 heavy (non-hydrogen) atoms. The Kier molecular flexibility index (Phi) is 23.0. The number of oxazole rings is 2. The predicted molar refractivity (Wildman–Crippen MR) is 350 cm³/mol. The Morgan fingerprint density at radius 3 is 1.20 bits per heavy atom. The number of halogens is 6. The van der Waals surface area contributed by atoms with Crippen molar-refractivity contribution in [3.05, 3.63) is 226 Å². The van der Waals surface area contributed by atoms with Crippen LogP contribution in [0.5, 0.6) is 0 Å². The van der Waals surface area contributed by atoms with Crippen LogP contribution in [-0.4, -0.2) is 116 Å². The highest BCUT2D eigenvalue weighted by atomic mass is 19.2. The van der Waals surface area contributed by atoms with Crippen LogP contribution in [0.3, 0.4) is 0 Å². The average molecular weight is 1330 g/mol. The summed E-state index contributed by atoms with van der Waals surface area (Å²) in [6.45, 7) is 15.8. The van der Waals surface area contributed by atoms with E-state index >= 15 is 13.2 Å². The van der Waals surface area contributed by atoms with Crippen molar-refractivity contribution in [2.24, 2.45) is 28.6 Å². The van der Waals surface area contributed by atoms with Gasteiger partial charge in [-0.2, -0.15) is 0 Å². The van der Waals surface area contributed by atoms with Crippen LogP contribution < -0.4 is 0 Å². The van der Waals surface area contributed by atoms with E-state index in [1.54, 1.807) is 18.7 Å². The molecule has 2 aliphatic rings. The lowest BCUT2D eigenvalue weighted by molar-refractivity contribution is -0.145. The van der Waals surface area contributed by atoms with Gasteiger partial charge in [0.25, 0.3) is 5.91 Å². The number of aliphatic hydroxyl groups excluding tert-OH is 1. The summed E-state index contributed by atoms with van der Waals surface area (Å²) in [7, 11) is 0. The molecule has 0 radical (unpaired) electrons. The molecule has 0 aliphatic carbocycles. The van der Waals surface area contributed by atoms with Crippen molar-refractivity contribution in [1.82, 2.24) is 29.6 Å². The molecular weight excluding hydrogens is 1240 g/mol. The number of benzene rings is 6. The quantitative estimate of drug-likeness (QED) is 0.0720. The Morgan fingerprint density at radius 1 is 0.521 bits per heavy atom. The van der Waals surface area contributed by atoms with E-state index in [4.69, 9.17) is 23.3 Å². The van der Waals surface area contributed by atoms with Gasteiger partial charge in [-0.05, 0) is 76.4 Å². The number of aliphatic hydroxyl groups is 1. The number of alkyl halides is 2. The number of aromatic nitrogens is 2. The molecule has 0 spiro atoms. The molecule has 508 valence electrons. The molecule has 8 aromatic rings. The molecule has 0 saturated carbocycles. The summed E-state index contributed by atoms with van der Waals surface area (Å²) in [5.41, 5.74) is 2.21. The van der Waals surface area contributed by atoms with Gasteiger partial charge in [-0.3, -0.25) is 9.59 Å². The zero-order valence-corrected chi connectivity index (χ0v) is 55.4. The highest BCUT2D eigenvalue weighted by Crippen LogP contribution is 2.45. The molecule has 2 aliphatic heterocycles. The Bertz CT molecular complexity index is 3670. The second-order valence-electron chi connectivity index (χ2n) is 27.0. The van der Waals surface area contributed by atoms with Gasteiger partial charge in [-0.25, -0.2) is 45.9 Å². The number of likely N-dealkylation sites (tertiary alicyclic amines) is 2. The fraction of sp³-hybridized carbons (Fsp3) is 0.387. The normalized spacial score (nSPS) is 17.3. The van der Waals surface area contributed by atoms with Crippen LogP contribution in [0, 0.1) is 51.9 Å². The van der Waals surface area contributed by atoms with Gasteiger partial charge in [0, 0.05) is 56.8 Å². The molecule has 2 fully saturated rings. The van der Waals surface area contributed by atoms with E-state index in [0.717, 1.165) is 58.7 Å². The van der Waals surface area contributed by atoms with Gasteiger partial charge in [-0.15, -0.1) is 0 Å². The third-order valence-corrected chi connectivity index (χ3v) is 16.9. The molecule has 4 amide bonds. The minimum absolute atomic E-state index is 0.0100. The van der Waals surface area contributed by atoms with Crippen molar-refractivity contribution in [3.8, 4) is 22.9 Å². The first-order chi connectivity index (χ1) is 45.6. The second-order valence-corrected chi connectivity index (χ2v) is 27.0. The third-order valence-electron chi connectivity index (χ3n) is 16.9. The zero-order chi connectivity index (χ0) is 69.2. The zero-order valence-electron chi connectivity index (χ0n) is 55.4. The lowest BCUT2D eigenvalue weighted by atomic mass is 9.81. The van der Waals surface area contributed by atoms with E-state index in [0.29, 0.717) is 17.2 Å². The van der Waals surface area contributed by atoms with Gasteiger partial charge in [0.1, 0.15) is 77.8 Å². The lowest BCUT2D eigenvalue weighted by Crippen LogP contribution is -2.48. The van der Waals surface area contributed by atoms with E-state index < -0.39 is 100 Å². The minimum atomic E-state index is -1.49. The van der Waals surface area contributed by atoms with Gasteiger partial charge in [-0.1, -0.05) is 177 Å². The molecule has 15 nitrogen and oxygen atoms in total. The summed E-state index contributed by atoms with van der Waals surface area (Å²) in [6.07, 6.45) is -5.17. The fourth-order valence-electron chi connectivity index (χ4n) is 12.2. The monoisotopic (exact) mass is 1320 g/mol. The molecule has 6 aromatic carbocycles. The maximum absolute atomic E-state index is 15.7. The SMILES string of the molecule is CC(C)C(=O)N(C[C@@H]1CN(C(=O)OCc2ccccc2)C[C@@H]1F)[C@@H](c1nc(-c2cc(F)ccc2F)oc1Cc1ccccc1)C(C)(C)C.C[C@H](O)C(=O)N(C[C@@H]1CN(C(=O)OCc2ccccc2)C[C@@H]1F)[C@@H](c1nc(-c2cc(F)ccc2F)oc1Cc1ccccc1)C(C)(C)C. The van der Waals surface area contributed by atoms with E-state index in [-0.39, 0.29) is 99.8 Å². The highest BCUT2D eigenvalue weighted by Gasteiger charge is 2.47. The Morgan fingerprint density at radius 2 is 0.865 bits per heavy atom. The third kappa shape index (κ3) is 17.8. The maximum atomic E-state index is 15.7. The molecule has 2 saturated heterocycles. The molecule has 0 unspecified atom stereocenters. The number of hydrogen-bond acceptors (Lipinski definition) is 11. The standard InChI is InChI=1S/C38H42F3N3O4.C37H40F3N3O5/c1-24(2)36(45)44(21-27-20-43(22-31(27)41)37(46)47-23-26-14-10-7-11-15-26)34(38(3,4)5)33-32(18-25-12-8-6-9-13-25)48-35(42-33)29-19-28(39)16-17-30(29)40;1-23(44)35(45)43(20-26-19-42(21-30(26)40)36(46)47-22-25-13-9-6-10-14-25)33(37(2,3)4)32-31(17-24-11-7-5-8-12-24)48-34(41-32)28-18-27(38)15-16-29(28)39/h6-17,19,24,27,31,34H,18,20-23H2,1-5H3;5-16,18,23,26,30,33,44H,17,19-22H2,1-4H3/t27-,31-,34-;23-,26-,30-,33-/m00/s1. The lowest BCUT2D eigenvalue weighted by Gasteiger charge is -2.41.